The van der Waals surface area contributed by atoms with Gasteiger partial charge in [0, 0.05) is 30.7 Å². The SMILES string of the molecule is O=[N+]([O-])c1cccc(-c2noc(CCCCO)n2)c1. The summed E-state index contributed by atoms with van der Waals surface area (Å²) in [5.74, 6) is 0.803. The van der Waals surface area contributed by atoms with Crippen molar-refractivity contribution in [1.29, 1.82) is 0 Å². The minimum absolute atomic E-state index is 0.0101. The number of nitrogens with zero attached hydrogens (tertiary/aromatic N) is 3. The molecule has 0 aliphatic carbocycles. The molecule has 7 nitrogen and oxygen atoms in total. The van der Waals surface area contributed by atoms with Crippen LogP contribution in [0.1, 0.15) is 18.7 Å². The molecular formula is C12H13N3O4. The van der Waals surface area contributed by atoms with Gasteiger partial charge in [-0.15, -0.1) is 0 Å². The van der Waals surface area contributed by atoms with Crippen LogP contribution in [-0.2, 0) is 6.42 Å². The Hall–Kier alpha value is -2.28. The number of nitro benzene ring substituents is 1. The molecule has 0 bridgehead atoms. The number of nitro groups is 1. The van der Waals surface area contributed by atoms with Crippen LogP contribution >= 0.6 is 0 Å². The second kappa shape index (κ2) is 6.05. The van der Waals surface area contributed by atoms with Crippen molar-refractivity contribution in [3.63, 3.8) is 0 Å². The summed E-state index contributed by atoms with van der Waals surface area (Å²) in [5.41, 5.74) is 0.537. The van der Waals surface area contributed by atoms with E-state index in [2.05, 4.69) is 10.1 Å². The van der Waals surface area contributed by atoms with Crippen molar-refractivity contribution < 1.29 is 14.6 Å². The molecule has 19 heavy (non-hydrogen) atoms. The first kappa shape index (κ1) is 13.2. The zero-order valence-corrected chi connectivity index (χ0v) is 10.2. The Balaban J connectivity index is 2.13. The van der Waals surface area contributed by atoms with Crippen molar-refractivity contribution in [2.45, 2.75) is 19.3 Å². The molecule has 0 aliphatic heterocycles. The Bertz CT molecular complexity index is 568. The normalized spacial score (nSPS) is 10.6. The van der Waals surface area contributed by atoms with Gasteiger partial charge in [-0.2, -0.15) is 4.98 Å². The second-order valence-electron chi connectivity index (χ2n) is 4.00. The number of aromatic nitrogens is 2. The van der Waals surface area contributed by atoms with E-state index in [0.29, 0.717) is 30.1 Å². The Morgan fingerprint density at radius 2 is 2.21 bits per heavy atom. The van der Waals surface area contributed by atoms with Crippen LogP contribution in [0.3, 0.4) is 0 Å². The van der Waals surface area contributed by atoms with Crippen LogP contribution in [0.15, 0.2) is 28.8 Å². The summed E-state index contributed by atoms with van der Waals surface area (Å²) in [4.78, 5) is 14.4. The number of aryl methyl sites for hydroxylation is 1. The first-order chi connectivity index (χ1) is 9.20. The molecule has 0 atom stereocenters. The molecular weight excluding hydrogens is 250 g/mol. The van der Waals surface area contributed by atoms with Crippen molar-refractivity contribution in [2.75, 3.05) is 6.61 Å². The average molecular weight is 263 g/mol. The topological polar surface area (TPSA) is 102 Å². The van der Waals surface area contributed by atoms with Gasteiger partial charge in [0.25, 0.3) is 5.69 Å². The number of non-ortho nitro benzene ring substituents is 1. The molecule has 7 heteroatoms. The summed E-state index contributed by atoms with van der Waals surface area (Å²) in [7, 11) is 0. The van der Waals surface area contributed by atoms with Crippen molar-refractivity contribution in [3.05, 3.63) is 40.3 Å². The van der Waals surface area contributed by atoms with Gasteiger partial charge in [-0.3, -0.25) is 10.1 Å². The molecule has 0 radical (unpaired) electrons. The highest BCUT2D eigenvalue weighted by atomic mass is 16.6. The second-order valence-corrected chi connectivity index (χ2v) is 4.00. The molecule has 0 saturated carbocycles. The van der Waals surface area contributed by atoms with Gasteiger partial charge >= 0.3 is 0 Å². The largest absolute Gasteiger partial charge is 0.396 e. The molecule has 2 aromatic rings. The van der Waals surface area contributed by atoms with Crippen molar-refractivity contribution in [1.82, 2.24) is 10.1 Å². The first-order valence-corrected chi connectivity index (χ1v) is 5.89. The summed E-state index contributed by atoms with van der Waals surface area (Å²) < 4.78 is 5.05. The lowest BCUT2D eigenvalue weighted by Gasteiger charge is -1.94. The predicted molar refractivity (Wildman–Crippen MR) is 66.4 cm³/mol. The van der Waals surface area contributed by atoms with Crippen LogP contribution in [0.2, 0.25) is 0 Å². The predicted octanol–water partition coefficient (Wildman–Crippen LogP) is 1.96. The van der Waals surface area contributed by atoms with Gasteiger partial charge in [-0.05, 0) is 12.8 Å². The highest BCUT2D eigenvalue weighted by Gasteiger charge is 2.12. The monoisotopic (exact) mass is 263 g/mol. The molecule has 0 saturated heterocycles. The molecule has 2 rings (SSSR count). The smallest absolute Gasteiger partial charge is 0.270 e. The molecule has 1 aromatic heterocycles. The van der Waals surface area contributed by atoms with E-state index in [1.54, 1.807) is 12.1 Å². The van der Waals surface area contributed by atoms with Crippen molar-refractivity contribution in [3.8, 4) is 11.4 Å². The van der Waals surface area contributed by atoms with E-state index < -0.39 is 4.92 Å². The summed E-state index contributed by atoms with van der Waals surface area (Å²) in [5, 5.41) is 23.2. The lowest BCUT2D eigenvalue weighted by Crippen LogP contribution is -1.90. The maximum atomic E-state index is 10.7. The maximum Gasteiger partial charge on any atom is 0.270 e. The van der Waals surface area contributed by atoms with Gasteiger partial charge in [0.2, 0.25) is 11.7 Å². The molecule has 1 aromatic carbocycles. The fourth-order valence-corrected chi connectivity index (χ4v) is 1.62. The van der Waals surface area contributed by atoms with Gasteiger partial charge < -0.3 is 9.63 Å². The molecule has 0 aliphatic rings. The Morgan fingerprint density at radius 3 is 2.95 bits per heavy atom. The van der Waals surface area contributed by atoms with Crippen LogP contribution in [0, 0.1) is 10.1 Å². The van der Waals surface area contributed by atoms with E-state index in [4.69, 9.17) is 9.63 Å². The minimum Gasteiger partial charge on any atom is -0.396 e. The third kappa shape index (κ3) is 3.35. The quantitative estimate of drug-likeness (QED) is 0.485. The third-order valence-electron chi connectivity index (χ3n) is 2.58. The minimum atomic E-state index is -0.467. The van der Waals surface area contributed by atoms with E-state index in [-0.39, 0.29) is 12.3 Å². The third-order valence-corrected chi connectivity index (χ3v) is 2.58. The standard InChI is InChI=1S/C12H13N3O4/c16-7-2-1-6-11-13-12(14-19-11)9-4-3-5-10(8-9)15(17)18/h3-5,8,16H,1-2,6-7H2. The van der Waals surface area contributed by atoms with Gasteiger partial charge in [-0.25, -0.2) is 0 Å². The fourth-order valence-electron chi connectivity index (χ4n) is 1.62. The zero-order valence-electron chi connectivity index (χ0n) is 10.2. The summed E-state index contributed by atoms with van der Waals surface area (Å²) in [6, 6.07) is 6.08. The van der Waals surface area contributed by atoms with Crippen LogP contribution in [0.4, 0.5) is 5.69 Å². The number of hydrogen-bond acceptors (Lipinski definition) is 6. The van der Waals surface area contributed by atoms with E-state index in [0.717, 1.165) is 6.42 Å². The van der Waals surface area contributed by atoms with Crippen LogP contribution in [0.5, 0.6) is 0 Å². The lowest BCUT2D eigenvalue weighted by molar-refractivity contribution is -0.384. The van der Waals surface area contributed by atoms with Crippen molar-refractivity contribution in [2.24, 2.45) is 0 Å². The van der Waals surface area contributed by atoms with Gasteiger partial charge in [0.1, 0.15) is 0 Å². The summed E-state index contributed by atoms with van der Waals surface area (Å²) in [6.07, 6.45) is 2.02. The molecule has 1 heterocycles. The van der Waals surface area contributed by atoms with Crippen molar-refractivity contribution >= 4 is 5.69 Å². The number of aliphatic hydroxyl groups is 1. The highest BCUT2D eigenvalue weighted by molar-refractivity contribution is 5.58. The number of unbranched alkanes of at least 4 members (excludes halogenated alkanes) is 1. The molecule has 1 N–H and O–H groups in total. The fraction of sp³-hybridized carbons (Fsp3) is 0.333. The van der Waals surface area contributed by atoms with Crippen LogP contribution < -0.4 is 0 Å². The van der Waals surface area contributed by atoms with E-state index in [1.165, 1.54) is 12.1 Å². The maximum absolute atomic E-state index is 10.7. The lowest BCUT2D eigenvalue weighted by atomic mass is 10.2. The number of aliphatic hydroxyl groups excluding tert-OH is 1. The number of rotatable bonds is 6. The zero-order chi connectivity index (χ0) is 13.7. The summed E-state index contributed by atoms with van der Waals surface area (Å²) in [6.45, 7) is 0.131. The molecule has 0 spiro atoms. The Kier molecular flexibility index (Phi) is 4.19. The molecule has 0 fully saturated rings. The average Bonchev–Trinajstić information content (AvgIpc) is 2.88. The first-order valence-electron chi connectivity index (χ1n) is 5.89. The van der Waals surface area contributed by atoms with E-state index in [1.807, 2.05) is 0 Å². The van der Waals surface area contributed by atoms with Gasteiger partial charge in [0.05, 0.1) is 4.92 Å². The number of hydrogen-bond donors (Lipinski definition) is 1. The van der Waals surface area contributed by atoms with E-state index in [9.17, 15) is 10.1 Å². The van der Waals surface area contributed by atoms with E-state index >= 15 is 0 Å². The van der Waals surface area contributed by atoms with Crippen LogP contribution in [-0.4, -0.2) is 26.8 Å². The molecule has 100 valence electrons. The van der Waals surface area contributed by atoms with Crippen LogP contribution in [0.25, 0.3) is 11.4 Å². The Labute approximate surface area is 109 Å². The Morgan fingerprint density at radius 1 is 1.37 bits per heavy atom. The van der Waals surface area contributed by atoms with Gasteiger partial charge in [0.15, 0.2) is 0 Å². The van der Waals surface area contributed by atoms with Gasteiger partial charge in [-0.1, -0.05) is 17.3 Å². The molecule has 0 amide bonds. The summed E-state index contributed by atoms with van der Waals surface area (Å²) >= 11 is 0. The molecule has 0 unspecified atom stereocenters. The number of benzene rings is 1. The highest BCUT2D eigenvalue weighted by Crippen LogP contribution is 2.21.